The summed E-state index contributed by atoms with van der Waals surface area (Å²) in [7, 11) is 0. The van der Waals surface area contributed by atoms with E-state index in [1.165, 1.54) is 0 Å². The molecule has 1 heteroatoms. The van der Waals surface area contributed by atoms with E-state index in [0.29, 0.717) is 6.42 Å². The van der Waals surface area contributed by atoms with E-state index in [-0.39, 0.29) is 0 Å². The molecule has 0 spiro atoms. The van der Waals surface area contributed by atoms with Crippen molar-refractivity contribution < 1.29 is 4.39 Å². The van der Waals surface area contributed by atoms with Gasteiger partial charge in [-0.15, -0.1) is 0 Å². The second-order valence-corrected chi connectivity index (χ2v) is 4.07. The molecule has 0 fully saturated rings. The highest BCUT2D eigenvalue weighted by molar-refractivity contribution is 5.25. The Kier molecular flexibility index (Phi) is 3.35. The Bertz CT molecular complexity index is 431. The van der Waals surface area contributed by atoms with Gasteiger partial charge >= 0.3 is 0 Å². The van der Waals surface area contributed by atoms with Crippen molar-refractivity contribution in [2.75, 3.05) is 0 Å². The third-order valence-corrected chi connectivity index (χ3v) is 2.70. The fourth-order valence-corrected chi connectivity index (χ4v) is 1.71. The van der Waals surface area contributed by atoms with Crippen molar-refractivity contribution in [3.8, 4) is 0 Å². The minimum atomic E-state index is -0.914. The molecule has 1 atom stereocenters. The monoisotopic (exact) mass is 214 g/mol. The van der Waals surface area contributed by atoms with E-state index in [1.807, 2.05) is 61.5 Å². The van der Waals surface area contributed by atoms with Crippen LogP contribution in [0.3, 0.4) is 0 Å². The first kappa shape index (κ1) is 10.9. The molecule has 0 aliphatic rings. The van der Waals surface area contributed by atoms with Crippen LogP contribution in [0.15, 0.2) is 54.6 Å². The molecule has 82 valence electrons. The molecule has 2 rings (SSSR count). The average molecular weight is 214 g/mol. The van der Waals surface area contributed by atoms with Gasteiger partial charge in [0.1, 0.15) is 6.17 Å². The molecule has 0 aromatic heterocycles. The van der Waals surface area contributed by atoms with Crippen molar-refractivity contribution >= 4 is 0 Å². The van der Waals surface area contributed by atoms with Crippen LogP contribution in [-0.2, 0) is 6.42 Å². The molecule has 2 aromatic carbocycles. The largest absolute Gasteiger partial charge is 0.242 e. The van der Waals surface area contributed by atoms with Crippen molar-refractivity contribution in [1.82, 2.24) is 0 Å². The molecule has 0 aliphatic heterocycles. The molecule has 0 nitrogen and oxygen atoms in total. The van der Waals surface area contributed by atoms with Gasteiger partial charge in [-0.05, 0) is 18.1 Å². The van der Waals surface area contributed by atoms with Crippen molar-refractivity contribution in [2.45, 2.75) is 19.5 Å². The lowest BCUT2D eigenvalue weighted by molar-refractivity contribution is 0.342. The first-order chi connectivity index (χ1) is 7.75. The number of hydrogen-bond acceptors (Lipinski definition) is 0. The molecular weight excluding hydrogens is 199 g/mol. The maximum atomic E-state index is 14.0. The lowest BCUT2D eigenvalue weighted by atomic mass is 10.0. The Balaban J connectivity index is 2.09. The van der Waals surface area contributed by atoms with Gasteiger partial charge in [-0.3, -0.25) is 0 Å². The van der Waals surface area contributed by atoms with E-state index < -0.39 is 6.17 Å². The molecule has 0 saturated heterocycles. The zero-order chi connectivity index (χ0) is 11.4. The fourth-order valence-electron chi connectivity index (χ4n) is 1.71. The zero-order valence-electron chi connectivity index (χ0n) is 9.36. The fraction of sp³-hybridized carbons (Fsp3) is 0.200. The van der Waals surface area contributed by atoms with Crippen molar-refractivity contribution in [2.24, 2.45) is 0 Å². The van der Waals surface area contributed by atoms with Crippen LogP contribution in [0.25, 0.3) is 0 Å². The lowest BCUT2D eigenvalue weighted by Crippen LogP contribution is -1.96. The number of hydrogen-bond donors (Lipinski definition) is 0. The predicted molar refractivity (Wildman–Crippen MR) is 65.2 cm³/mol. The molecule has 0 saturated carbocycles. The van der Waals surface area contributed by atoms with Gasteiger partial charge in [0.05, 0.1) is 0 Å². The van der Waals surface area contributed by atoms with E-state index in [2.05, 4.69) is 0 Å². The second kappa shape index (κ2) is 4.93. The third-order valence-electron chi connectivity index (χ3n) is 2.70. The Labute approximate surface area is 95.7 Å². The Morgan fingerprint density at radius 3 is 2.19 bits per heavy atom. The number of aryl methyl sites for hydroxylation is 1. The molecule has 16 heavy (non-hydrogen) atoms. The summed E-state index contributed by atoms with van der Waals surface area (Å²) in [6, 6.07) is 17.4. The van der Waals surface area contributed by atoms with Gasteiger partial charge in [-0.25, -0.2) is 4.39 Å². The van der Waals surface area contributed by atoms with Crippen LogP contribution in [0.4, 0.5) is 4.39 Å². The summed E-state index contributed by atoms with van der Waals surface area (Å²) in [4.78, 5) is 0. The van der Waals surface area contributed by atoms with E-state index in [1.54, 1.807) is 0 Å². The summed E-state index contributed by atoms with van der Waals surface area (Å²) in [5.41, 5.74) is 2.96. The molecular formula is C15H15F. The van der Waals surface area contributed by atoms with Crippen LogP contribution >= 0.6 is 0 Å². The zero-order valence-corrected chi connectivity index (χ0v) is 9.36. The Hall–Kier alpha value is -1.63. The van der Waals surface area contributed by atoms with Gasteiger partial charge < -0.3 is 0 Å². The van der Waals surface area contributed by atoms with Crippen LogP contribution in [0.5, 0.6) is 0 Å². The SMILES string of the molecule is Cc1ccc(C(F)Cc2ccccc2)cc1. The van der Waals surface area contributed by atoms with Gasteiger partial charge in [-0.2, -0.15) is 0 Å². The topological polar surface area (TPSA) is 0 Å². The van der Waals surface area contributed by atoms with Crippen LogP contribution < -0.4 is 0 Å². The highest BCUT2D eigenvalue weighted by Gasteiger charge is 2.09. The number of benzene rings is 2. The van der Waals surface area contributed by atoms with Crippen molar-refractivity contribution in [3.05, 3.63) is 71.3 Å². The maximum Gasteiger partial charge on any atom is 0.129 e. The Morgan fingerprint density at radius 2 is 1.56 bits per heavy atom. The summed E-state index contributed by atoms with van der Waals surface area (Å²) in [5, 5.41) is 0. The molecule has 0 N–H and O–H groups in total. The number of alkyl halides is 1. The molecule has 0 aliphatic carbocycles. The van der Waals surface area contributed by atoms with Gasteiger partial charge in [0.15, 0.2) is 0 Å². The highest BCUT2D eigenvalue weighted by Crippen LogP contribution is 2.22. The van der Waals surface area contributed by atoms with E-state index in [9.17, 15) is 4.39 Å². The summed E-state index contributed by atoms with van der Waals surface area (Å²) >= 11 is 0. The van der Waals surface area contributed by atoms with E-state index in [4.69, 9.17) is 0 Å². The first-order valence-electron chi connectivity index (χ1n) is 5.50. The molecule has 0 radical (unpaired) electrons. The van der Waals surface area contributed by atoms with E-state index in [0.717, 1.165) is 16.7 Å². The standard InChI is InChI=1S/C15H15F/c1-12-7-9-14(10-8-12)15(16)11-13-5-3-2-4-6-13/h2-10,15H,11H2,1H3. The summed E-state index contributed by atoms with van der Waals surface area (Å²) in [6.07, 6.45) is -0.466. The van der Waals surface area contributed by atoms with Gasteiger partial charge in [-0.1, -0.05) is 60.2 Å². The minimum absolute atomic E-state index is 0.448. The minimum Gasteiger partial charge on any atom is -0.242 e. The lowest BCUT2D eigenvalue weighted by Gasteiger charge is -2.08. The van der Waals surface area contributed by atoms with Crippen LogP contribution in [0.2, 0.25) is 0 Å². The average Bonchev–Trinajstić information content (AvgIpc) is 2.31. The van der Waals surface area contributed by atoms with Gasteiger partial charge in [0.25, 0.3) is 0 Å². The quantitative estimate of drug-likeness (QED) is 0.716. The number of rotatable bonds is 3. The second-order valence-electron chi connectivity index (χ2n) is 4.07. The van der Waals surface area contributed by atoms with Crippen LogP contribution in [-0.4, -0.2) is 0 Å². The molecule has 2 aromatic rings. The van der Waals surface area contributed by atoms with Crippen LogP contribution in [0.1, 0.15) is 22.9 Å². The van der Waals surface area contributed by atoms with Gasteiger partial charge in [0, 0.05) is 6.42 Å². The molecule has 1 unspecified atom stereocenters. The predicted octanol–water partition coefficient (Wildman–Crippen LogP) is 4.25. The molecule has 0 bridgehead atoms. The first-order valence-corrected chi connectivity index (χ1v) is 5.50. The normalized spacial score (nSPS) is 12.4. The summed E-state index contributed by atoms with van der Waals surface area (Å²) in [5.74, 6) is 0. The Morgan fingerprint density at radius 1 is 0.938 bits per heavy atom. The van der Waals surface area contributed by atoms with Crippen molar-refractivity contribution in [3.63, 3.8) is 0 Å². The van der Waals surface area contributed by atoms with Crippen LogP contribution in [0, 0.1) is 6.92 Å². The third kappa shape index (κ3) is 2.69. The molecule has 0 amide bonds. The number of halogens is 1. The van der Waals surface area contributed by atoms with E-state index >= 15 is 0 Å². The maximum absolute atomic E-state index is 14.0. The highest BCUT2D eigenvalue weighted by atomic mass is 19.1. The summed E-state index contributed by atoms with van der Waals surface area (Å²) in [6.45, 7) is 2.01. The summed E-state index contributed by atoms with van der Waals surface area (Å²) < 4.78 is 14.0. The van der Waals surface area contributed by atoms with Gasteiger partial charge in [0.2, 0.25) is 0 Å². The molecule has 0 heterocycles. The smallest absolute Gasteiger partial charge is 0.129 e. The van der Waals surface area contributed by atoms with Crippen molar-refractivity contribution in [1.29, 1.82) is 0 Å².